The molecular weight excluding hydrogens is 254 g/mol. The van der Waals surface area contributed by atoms with Crippen molar-refractivity contribution in [3.63, 3.8) is 0 Å². The van der Waals surface area contributed by atoms with Crippen molar-refractivity contribution in [2.45, 2.75) is 31.9 Å². The molecule has 2 fully saturated rings. The van der Waals surface area contributed by atoms with Crippen LogP contribution in [0.3, 0.4) is 0 Å². The summed E-state index contributed by atoms with van der Waals surface area (Å²) in [7, 11) is 0. The second kappa shape index (κ2) is 6.41. The summed E-state index contributed by atoms with van der Waals surface area (Å²) in [6.45, 7) is 6.42. The summed E-state index contributed by atoms with van der Waals surface area (Å²) in [5, 5.41) is 3.56. The van der Waals surface area contributed by atoms with Crippen LogP contribution in [0.25, 0.3) is 0 Å². The zero-order valence-electron chi connectivity index (χ0n) is 12.0. The molecule has 5 heteroatoms. The van der Waals surface area contributed by atoms with E-state index in [0.29, 0.717) is 12.1 Å². The van der Waals surface area contributed by atoms with E-state index in [1.807, 2.05) is 6.20 Å². The summed E-state index contributed by atoms with van der Waals surface area (Å²) in [5.74, 6) is 1.04. The largest absolute Gasteiger partial charge is 0.381 e. The molecule has 20 heavy (non-hydrogen) atoms. The van der Waals surface area contributed by atoms with Gasteiger partial charge in [0.25, 0.3) is 0 Å². The van der Waals surface area contributed by atoms with Crippen molar-refractivity contribution >= 4 is 11.5 Å². The Labute approximate surface area is 120 Å². The van der Waals surface area contributed by atoms with E-state index >= 15 is 0 Å². The van der Waals surface area contributed by atoms with Crippen LogP contribution in [-0.4, -0.2) is 50.0 Å². The summed E-state index contributed by atoms with van der Waals surface area (Å²) < 4.78 is 10.9. The maximum atomic E-state index is 5.57. The number of hydrogen-bond acceptors (Lipinski definition) is 5. The molecule has 1 aromatic rings. The number of hydrogen-bond donors (Lipinski definition) is 1. The number of aromatic nitrogens is 1. The molecule has 0 saturated carbocycles. The van der Waals surface area contributed by atoms with Crippen LogP contribution in [0.1, 0.15) is 19.8 Å². The van der Waals surface area contributed by atoms with E-state index in [0.717, 1.165) is 57.3 Å². The Morgan fingerprint density at radius 1 is 1.25 bits per heavy atom. The van der Waals surface area contributed by atoms with Gasteiger partial charge in [0.15, 0.2) is 0 Å². The molecule has 0 aliphatic carbocycles. The van der Waals surface area contributed by atoms with Crippen LogP contribution in [0.15, 0.2) is 18.3 Å². The highest BCUT2D eigenvalue weighted by molar-refractivity contribution is 5.49. The van der Waals surface area contributed by atoms with Crippen molar-refractivity contribution in [1.29, 1.82) is 0 Å². The molecule has 5 nitrogen and oxygen atoms in total. The molecular formula is C15H23N3O2. The fourth-order valence-electron chi connectivity index (χ4n) is 2.82. The Kier molecular flexibility index (Phi) is 4.38. The van der Waals surface area contributed by atoms with Gasteiger partial charge < -0.3 is 19.7 Å². The average Bonchev–Trinajstić information content (AvgIpc) is 2.49. The predicted molar refractivity (Wildman–Crippen MR) is 79.3 cm³/mol. The highest BCUT2D eigenvalue weighted by atomic mass is 16.5. The summed E-state index contributed by atoms with van der Waals surface area (Å²) in [4.78, 5) is 6.83. The number of rotatable bonds is 3. The molecule has 0 radical (unpaired) electrons. The summed E-state index contributed by atoms with van der Waals surface area (Å²) >= 11 is 0. The Hall–Kier alpha value is -1.33. The summed E-state index contributed by atoms with van der Waals surface area (Å²) in [6, 6.07) is 4.71. The first-order valence-electron chi connectivity index (χ1n) is 7.48. The number of nitrogens with one attached hydrogen (secondary N) is 1. The number of ether oxygens (including phenoxy) is 2. The molecule has 3 rings (SSSR count). The van der Waals surface area contributed by atoms with Crippen molar-refractivity contribution in [3.05, 3.63) is 18.3 Å². The summed E-state index contributed by atoms with van der Waals surface area (Å²) in [6.07, 6.45) is 4.41. The van der Waals surface area contributed by atoms with Gasteiger partial charge in [-0.05, 0) is 31.9 Å². The Bertz CT molecular complexity index is 418. The zero-order valence-corrected chi connectivity index (χ0v) is 12.0. The van der Waals surface area contributed by atoms with E-state index in [4.69, 9.17) is 9.47 Å². The number of nitrogens with zero attached hydrogens (tertiary/aromatic N) is 2. The third kappa shape index (κ3) is 3.41. The fraction of sp³-hybridized carbons (Fsp3) is 0.667. The van der Waals surface area contributed by atoms with Crippen molar-refractivity contribution in [2.24, 2.45) is 0 Å². The minimum atomic E-state index is 0.349. The van der Waals surface area contributed by atoms with Crippen molar-refractivity contribution in [3.8, 4) is 0 Å². The van der Waals surface area contributed by atoms with E-state index in [1.54, 1.807) is 0 Å². The van der Waals surface area contributed by atoms with E-state index in [1.165, 1.54) is 0 Å². The highest BCUT2D eigenvalue weighted by Crippen LogP contribution is 2.20. The molecule has 0 aromatic carbocycles. The number of morpholine rings is 1. The lowest BCUT2D eigenvalue weighted by molar-refractivity contribution is 0.0232. The molecule has 1 N–H and O–H groups in total. The molecule has 0 bridgehead atoms. The first kappa shape index (κ1) is 13.6. The quantitative estimate of drug-likeness (QED) is 0.914. The van der Waals surface area contributed by atoms with Gasteiger partial charge in [0, 0.05) is 25.7 Å². The molecule has 2 saturated heterocycles. The van der Waals surface area contributed by atoms with Gasteiger partial charge in [-0.15, -0.1) is 0 Å². The van der Waals surface area contributed by atoms with Gasteiger partial charge in [0.1, 0.15) is 5.82 Å². The molecule has 2 unspecified atom stereocenters. The predicted octanol–water partition coefficient (Wildman–Crippen LogP) is 1.90. The van der Waals surface area contributed by atoms with E-state index in [2.05, 4.69) is 34.3 Å². The normalized spacial score (nSPS) is 27.4. The lowest BCUT2D eigenvalue weighted by atomic mass is 10.0. The minimum absolute atomic E-state index is 0.349. The molecule has 2 atom stereocenters. The van der Waals surface area contributed by atoms with Gasteiger partial charge in [-0.2, -0.15) is 0 Å². The van der Waals surface area contributed by atoms with E-state index < -0.39 is 0 Å². The second-order valence-electron chi connectivity index (χ2n) is 5.55. The maximum absolute atomic E-state index is 5.57. The number of anilines is 2. The van der Waals surface area contributed by atoms with Crippen molar-refractivity contribution < 1.29 is 9.47 Å². The van der Waals surface area contributed by atoms with Gasteiger partial charge in [0.2, 0.25) is 0 Å². The maximum Gasteiger partial charge on any atom is 0.128 e. The Morgan fingerprint density at radius 2 is 2.10 bits per heavy atom. The molecule has 3 heterocycles. The smallest absolute Gasteiger partial charge is 0.128 e. The Balaban J connectivity index is 1.58. The average molecular weight is 277 g/mol. The lowest BCUT2D eigenvalue weighted by Crippen LogP contribution is -2.36. The van der Waals surface area contributed by atoms with Crippen molar-refractivity contribution in [2.75, 3.05) is 43.1 Å². The van der Waals surface area contributed by atoms with Gasteiger partial charge in [0.05, 0.1) is 31.2 Å². The fourth-order valence-corrected chi connectivity index (χ4v) is 2.82. The molecule has 1 aromatic heterocycles. The van der Waals surface area contributed by atoms with Crippen molar-refractivity contribution in [1.82, 2.24) is 4.98 Å². The molecule has 0 amide bonds. The third-order valence-electron chi connectivity index (χ3n) is 3.94. The topological polar surface area (TPSA) is 46.6 Å². The molecule has 0 spiro atoms. The monoisotopic (exact) mass is 277 g/mol. The molecule has 2 aliphatic rings. The zero-order chi connectivity index (χ0) is 13.8. The SMILES string of the molecule is CC1CC(Nc2ccc(N3CCOCC3)nc2)CCO1. The van der Waals surface area contributed by atoms with Crippen LogP contribution in [0, 0.1) is 0 Å². The number of pyridine rings is 1. The van der Waals surface area contributed by atoms with Crippen LogP contribution in [-0.2, 0) is 9.47 Å². The van der Waals surface area contributed by atoms with Crippen LogP contribution in [0.4, 0.5) is 11.5 Å². The van der Waals surface area contributed by atoms with Crippen LogP contribution < -0.4 is 10.2 Å². The van der Waals surface area contributed by atoms with Crippen LogP contribution in [0.5, 0.6) is 0 Å². The highest BCUT2D eigenvalue weighted by Gasteiger charge is 2.19. The minimum Gasteiger partial charge on any atom is -0.381 e. The first-order chi connectivity index (χ1) is 9.81. The van der Waals surface area contributed by atoms with E-state index in [9.17, 15) is 0 Å². The standard InChI is InChI=1S/C15H23N3O2/c1-12-10-13(4-7-20-12)17-14-2-3-15(16-11-14)18-5-8-19-9-6-18/h2-3,11-13,17H,4-10H2,1H3. The molecule has 2 aliphatic heterocycles. The Morgan fingerprint density at radius 3 is 2.80 bits per heavy atom. The van der Waals surface area contributed by atoms with Gasteiger partial charge in [-0.3, -0.25) is 0 Å². The van der Waals surface area contributed by atoms with Gasteiger partial charge in [-0.25, -0.2) is 4.98 Å². The second-order valence-corrected chi connectivity index (χ2v) is 5.55. The summed E-state index contributed by atoms with van der Waals surface area (Å²) in [5.41, 5.74) is 1.10. The van der Waals surface area contributed by atoms with E-state index in [-0.39, 0.29) is 0 Å². The molecule has 110 valence electrons. The first-order valence-corrected chi connectivity index (χ1v) is 7.48. The van der Waals surface area contributed by atoms with Gasteiger partial charge in [-0.1, -0.05) is 0 Å². The van der Waals surface area contributed by atoms with Gasteiger partial charge >= 0.3 is 0 Å². The van der Waals surface area contributed by atoms with Crippen LogP contribution in [0.2, 0.25) is 0 Å². The lowest BCUT2D eigenvalue weighted by Gasteiger charge is -2.29. The van der Waals surface area contributed by atoms with Crippen LogP contribution >= 0.6 is 0 Å². The third-order valence-corrected chi connectivity index (χ3v) is 3.94.